The van der Waals surface area contributed by atoms with E-state index in [2.05, 4.69) is 21.9 Å². The van der Waals surface area contributed by atoms with Crippen molar-refractivity contribution < 1.29 is 4.74 Å². The molecule has 3 rings (SSSR count). The van der Waals surface area contributed by atoms with E-state index in [1.54, 1.807) is 11.3 Å². The number of aromatic nitrogens is 1. The SMILES string of the molecule is Cc1csc(CC(NN)C2Cc3ccccc3O2)n1. The lowest BCUT2D eigenvalue weighted by atomic mass is 10.0. The summed E-state index contributed by atoms with van der Waals surface area (Å²) < 4.78 is 5.97. The highest BCUT2D eigenvalue weighted by atomic mass is 32.1. The van der Waals surface area contributed by atoms with Gasteiger partial charge < -0.3 is 4.74 Å². The van der Waals surface area contributed by atoms with Gasteiger partial charge in [-0.15, -0.1) is 11.3 Å². The molecule has 19 heavy (non-hydrogen) atoms. The largest absolute Gasteiger partial charge is 0.488 e. The summed E-state index contributed by atoms with van der Waals surface area (Å²) in [5, 5.41) is 3.16. The molecule has 4 nitrogen and oxygen atoms in total. The first kappa shape index (κ1) is 12.6. The Morgan fingerprint density at radius 2 is 2.37 bits per heavy atom. The lowest BCUT2D eigenvalue weighted by Gasteiger charge is -2.21. The van der Waals surface area contributed by atoms with Gasteiger partial charge in [0.25, 0.3) is 0 Å². The summed E-state index contributed by atoms with van der Waals surface area (Å²) in [4.78, 5) is 4.49. The molecule has 0 radical (unpaired) electrons. The molecule has 2 heterocycles. The Morgan fingerprint density at radius 3 is 3.05 bits per heavy atom. The molecule has 2 unspecified atom stereocenters. The molecule has 3 N–H and O–H groups in total. The van der Waals surface area contributed by atoms with Gasteiger partial charge in [0.15, 0.2) is 0 Å². The van der Waals surface area contributed by atoms with Gasteiger partial charge in [0.1, 0.15) is 11.9 Å². The molecule has 0 aliphatic carbocycles. The maximum Gasteiger partial charge on any atom is 0.123 e. The highest BCUT2D eigenvalue weighted by molar-refractivity contribution is 7.09. The number of nitrogens with zero attached hydrogens (tertiary/aromatic N) is 1. The van der Waals surface area contributed by atoms with E-state index in [-0.39, 0.29) is 12.1 Å². The first-order chi connectivity index (χ1) is 9.26. The molecule has 2 aromatic rings. The van der Waals surface area contributed by atoms with Gasteiger partial charge >= 0.3 is 0 Å². The molecule has 0 bridgehead atoms. The minimum Gasteiger partial charge on any atom is -0.488 e. The van der Waals surface area contributed by atoms with Crippen molar-refractivity contribution in [3.8, 4) is 5.75 Å². The van der Waals surface area contributed by atoms with E-state index in [9.17, 15) is 0 Å². The van der Waals surface area contributed by atoms with Gasteiger partial charge in [0.2, 0.25) is 0 Å². The Kier molecular flexibility index (Phi) is 3.50. The molecular formula is C14H17N3OS. The molecule has 0 spiro atoms. The van der Waals surface area contributed by atoms with Gasteiger partial charge in [0, 0.05) is 23.9 Å². The van der Waals surface area contributed by atoms with Gasteiger partial charge in [-0.25, -0.2) is 4.98 Å². The number of hydrogen-bond acceptors (Lipinski definition) is 5. The number of benzene rings is 1. The highest BCUT2D eigenvalue weighted by Crippen LogP contribution is 2.30. The molecule has 1 aromatic heterocycles. The van der Waals surface area contributed by atoms with Crippen molar-refractivity contribution in [1.29, 1.82) is 0 Å². The van der Waals surface area contributed by atoms with Crippen LogP contribution in [0.2, 0.25) is 0 Å². The van der Waals surface area contributed by atoms with Gasteiger partial charge in [-0.2, -0.15) is 0 Å². The van der Waals surface area contributed by atoms with E-state index in [0.717, 1.165) is 29.3 Å². The second kappa shape index (κ2) is 5.28. The zero-order valence-electron chi connectivity index (χ0n) is 10.8. The number of aryl methyl sites for hydroxylation is 1. The Balaban J connectivity index is 1.71. The van der Waals surface area contributed by atoms with Crippen molar-refractivity contribution in [2.24, 2.45) is 5.84 Å². The monoisotopic (exact) mass is 275 g/mol. The molecule has 0 amide bonds. The number of ether oxygens (including phenoxy) is 1. The van der Waals surface area contributed by atoms with E-state index >= 15 is 0 Å². The summed E-state index contributed by atoms with van der Waals surface area (Å²) >= 11 is 1.67. The minimum absolute atomic E-state index is 0.0756. The van der Waals surface area contributed by atoms with Crippen molar-refractivity contribution in [1.82, 2.24) is 10.4 Å². The Hall–Kier alpha value is -1.43. The number of hydrazine groups is 1. The fourth-order valence-electron chi connectivity index (χ4n) is 2.42. The van der Waals surface area contributed by atoms with Crippen molar-refractivity contribution in [3.05, 3.63) is 45.9 Å². The number of nitrogens with one attached hydrogen (secondary N) is 1. The Bertz CT molecular complexity index is 544. The quantitative estimate of drug-likeness (QED) is 0.660. The van der Waals surface area contributed by atoms with Crippen LogP contribution in [0.1, 0.15) is 16.3 Å². The number of para-hydroxylation sites is 1. The van der Waals surface area contributed by atoms with Crippen LogP contribution in [0.15, 0.2) is 29.6 Å². The van der Waals surface area contributed by atoms with Crippen LogP contribution >= 0.6 is 11.3 Å². The maximum absolute atomic E-state index is 5.97. The fourth-order valence-corrected chi connectivity index (χ4v) is 3.25. The second-order valence-corrected chi connectivity index (χ2v) is 5.77. The highest BCUT2D eigenvalue weighted by Gasteiger charge is 2.30. The van der Waals surface area contributed by atoms with Crippen LogP contribution in [0.25, 0.3) is 0 Å². The predicted octanol–water partition coefficient (Wildman–Crippen LogP) is 1.83. The number of fused-ring (bicyclic) bond motifs is 1. The third-order valence-corrected chi connectivity index (χ3v) is 4.39. The van der Waals surface area contributed by atoms with Gasteiger partial charge in [0.05, 0.1) is 11.0 Å². The molecule has 100 valence electrons. The molecule has 0 fully saturated rings. The third kappa shape index (κ3) is 2.63. The smallest absolute Gasteiger partial charge is 0.123 e. The van der Waals surface area contributed by atoms with Crippen molar-refractivity contribution >= 4 is 11.3 Å². The normalized spacial score (nSPS) is 18.9. The molecule has 5 heteroatoms. The topological polar surface area (TPSA) is 60.2 Å². The molecule has 0 saturated carbocycles. The van der Waals surface area contributed by atoms with E-state index in [1.165, 1.54) is 5.56 Å². The van der Waals surface area contributed by atoms with Crippen LogP contribution in [-0.2, 0) is 12.8 Å². The molecule has 1 aromatic carbocycles. The summed E-state index contributed by atoms with van der Waals surface area (Å²) in [6.45, 7) is 2.01. The van der Waals surface area contributed by atoms with Crippen molar-refractivity contribution in [2.45, 2.75) is 31.9 Å². The van der Waals surface area contributed by atoms with E-state index in [1.807, 2.05) is 25.1 Å². The van der Waals surface area contributed by atoms with Crippen LogP contribution < -0.4 is 16.0 Å². The summed E-state index contributed by atoms with van der Waals surface area (Å²) in [5.74, 6) is 6.66. The standard InChI is InChI=1S/C14H17N3OS/c1-9-8-19-14(16-9)7-11(17-15)13-6-10-4-2-3-5-12(10)18-13/h2-5,8,11,13,17H,6-7,15H2,1H3. The molecule has 1 aliphatic rings. The predicted molar refractivity (Wildman–Crippen MR) is 76.2 cm³/mol. The van der Waals surface area contributed by atoms with Gasteiger partial charge in [-0.3, -0.25) is 11.3 Å². The Morgan fingerprint density at radius 1 is 1.53 bits per heavy atom. The van der Waals surface area contributed by atoms with Gasteiger partial charge in [-0.05, 0) is 18.6 Å². The van der Waals surface area contributed by atoms with Crippen LogP contribution in [0.4, 0.5) is 0 Å². The molecule has 1 aliphatic heterocycles. The average molecular weight is 275 g/mol. The zero-order chi connectivity index (χ0) is 13.2. The number of thiazole rings is 1. The first-order valence-corrected chi connectivity index (χ1v) is 7.26. The lowest BCUT2D eigenvalue weighted by Crippen LogP contribution is -2.47. The summed E-state index contributed by atoms with van der Waals surface area (Å²) in [5.41, 5.74) is 5.19. The minimum atomic E-state index is 0.0756. The third-order valence-electron chi connectivity index (χ3n) is 3.40. The number of hydrogen-bond donors (Lipinski definition) is 2. The zero-order valence-corrected chi connectivity index (χ0v) is 11.6. The van der Waals surface area contributed by atoms with E-state index < -0.39 is 0 Å². The maximum atomic E-state index is 5.97. The Labute approximate surface area is 116 Å². The number of rotatable bonds is 4. The summed E-state index contributed by atoms with van der Waals surface area (Å²) in [6.07, 6.45) is 1.77. The molecule has 0 saturated heterocycles. The molecule has 2 atom stereocenters. The van der Waals surface area contributed by atoms with Crippen molar-refractivity contribution in [2.75, 3.05) is 0 Å². The first-order valence-electron chi connectivity index (χ1n) is 6.38. The summed E-state index contributed by atoms with van der Waals surface area (Å²) in [6, 6.07) is 8.24. The second-order valence-electron chi connectivity index (χ2n) is 4.83. The van der Waals surface area contributed by atoms with Crippen LogP contribution in [0.5, 0.6) is 5.75 Å². The average Bonchev–Trinajstić information content (AvgIpc) is 3.01. The van der Waals surface area contributed by atoms with Crippen LogP contribution in [0.3, 0.4) is 0 Å². The van der Waals surface area contributed by atoms with E-state index in [0.29, 0.717) is 0 Å². The van der Waals surface area contributed by atoms with Crippen LogP contribution in [0, 0.1) is 6.92 Å². The van der Waals surface area contributed by atoms with Gasteiger partial charge in [-0.1, -0.05) is 18.2 Å². The summed E-state index contributed by atoms with van der Waals surface area (Å²) in [7, 11) is 0. The molecular weight excluding hydrogens is 258 g/mol. The van der Waals surface area contributed by atoms with E-state index in [4.69, 9.17) is 10.6 Å². The number of nitrogens with two attached hydrogens (primary N) is 1. The fraction of sp³-hybridized carbons (Fsp3) is 0.357. The lowest BCUT2D eigenvalue weighted by molar-refractivity contribution is 0.177. The van der Waals surface area contributed by atoms with Crippen molar-refractivity contribution in [3.63, 3.8) is 0 Å². The van der Waals surface area contributed by atoms with Crippen LogP contribution in [-0.4, -0.2) is 17.1 Å².